The fraction of sp³-hybridized carbons (Fsp3) is 0.333. The van der Waals surface area contributed by atoms with Crippen LogP contribution in [0.4, 0.5) is 5.69 Å². The summed E-state index contributed by atoms with van der Waals surface area (Å²) >= 11 is 0. The van der Waals surface area contributed by atoms with Crippen LogP contribution >= 0.6 is 0 Å². The lowest BCUT2D eigenvalue weighted by Gasteiger charge is -2.16. The van der Waals surface area contributed by atoms with E-state index >= 15 is 0 Å². The summed E-state index contributed by atoms with van der Waals surface area (Å²) in [6, 6.07) is 5.85. The van der Waals surface area contributed by atoms with E-state index in [1.54, 1.807) is 28.0 Å². The van der Waals surface area contributed by atoms with Gasteiger partial charge in [0.2, 0.25) is 5.91 Å². The van der Waals surface area contributed by atoms with Crippen LogP contribution in [0.3, 0.4) is 0 Å². The molecule has 1 unspecified atom stereocenters. The van der Waals surface area contributed by atoms with Gasteiger partial charge in [-0.25, -0.2) is 4.52 Å². The molecular weight excluding hydrogens is 316 g/mol. The number of nitrogens with zero attached hydrogens (tertiary/aromatic N) is 5. The second-order valence-electron chi connectivity index (χ2n) is 6.28. The van der Waals surface area contributed by atoms with Gasteiger partial charge in [0.15, 0.2) is 0 Å². The molecule has 0 aromatic carbocycles. The summed E-state index contributed by atoms with van der Waals surface area (Å²) in [5, 5.41) is 20.0. The van der Waals surface area contributed by atoms with E-state index < -0.39 is 5.92 Å². The van der Waals surface area contributed by atoms with Crippen molar-refractivity contribution in [2.45, 2.75) is 25.7 Å². The highest BCUT2D eigenvalue weighted by Gasteiger charge is 2.33. The standard InChI is InChI=1S/C15H12N6O.C3H6/c16-6-10-2-4-20(15(10)22)13-1-3-19-21-9-11(5-14(13)21)12-7-17-18-8-12;1-2-3-1/h1,3,5,7-10H,2,4H2,(H,17,18);1-3H2. The number of nitrogens with one attached hydrogen (secondary N) is 1. The molecule has 7 heteroatoms. The van der Waals surface area contributed by atoms with Gasteiger partial charge in [-0.3, -0.25) is 9.89 Å². The Hall–Kier alpha value is -3.14. The third kappa shape index (κ3) is 2.98. The van der Waals surface area contributed by atoms with Crippen molar-refractivity contribution in [1.29, 1.82) is 5.26 Å². The molecule has 4 heterocycles. The zero-order valence-electron chi connectivity index (χ0n) is 13.7. The van der Waals surface area contributed by atoms with Gasteiger partial charge in [0.05, 0.1) is 23.5 Å². The summed E-state index contributed by atoms with van der Waals surface area (Å²) in [7, 11) is 0. The first-order valence-corrected chi connectivity index (χ1v) is 8.45. The summed E-state index contributed by atoms with van der Waals surface area (Å²) in [5.41, 5.74) is 3.55. The van der Waals surface area contributed by atoms with Gasteiger partial charge in [0, 0.05) is 36.3 Å². The first-order chi connectivity index (χ1) is 12.3. The third-order valence-electron chi connectivity index (χ3n) is 4.32. The smallest absolute Gasteiger partial charge is 0.244 e. The molecule has 1 saturated carbocycles. The average Bonchev–Trinajstić information content (AvgIpc) is 3.15. The van der Waals surface area contributed by atoms with Crippen LogP contribution in [0.15, 0.2) is 36.9 Å². The van der Waals surface area contributed by atoms with Crippen LogP contribution in [-0.4, -0.2) is 32.3 Å². The van der Waals surface area contributed by atoms with Crippen LogP contribution in [0.25, 0.3) is 16.6 Å². The van der Waals surface area contributed by atoms with E-state index in [0.29, 0.717) is 13.0 Å². The monoisotopic (exact) mass is 334 g/mol. The summed E-state index contributed by atoms with van der Waals surface area (Å²) < 4.78 is 1.74. The number of carbonyl (C=O) groups is 1. The second-order valence-corrected chi connectivity index (χ2v) is 6.28. The van der Waals surface area contributed by atoms with Crippen molar-refractivity contribution in [2.75, 3.05) is 11.4 Å². The van der Waals surface area contributed by atoms with Gasteiger partial charge < -0.3 is 4.90 Å². The molecule has 7 nitrogen and oxygen atoms in total. The molecule has 126 valence electrons. The molecular formula is C18H18N6O. The molecule has 1 aliphatic carbocycles. The number of aromatic nitrogens is 4. The van der Waals surface area contributed by atoms with Crippen molar-refractivity contribution in [2.24, 2.45) is 5.92 Å². The van der Waals surface area contributed by atoms with Crippen LogP contribution in [0.5, 0.6) is 0 Å². The largest absolute Gasteiger partial charge is 0.309 e. The number of fused-ring (bicyclic) bond motifs is 1. The number of hydrogen-bond donors (Lipinski definition) is 1. The predicted octanol–water partition coefficient (Wildman–Crippen LogP) is 2.77. The van der Waals surface area contributed by atoms with Crippen molar-refractivity contribution < 1.29 is 4.79 Å². The van der Waals surface area contributed by atoms with Gasteiger partial charge in [-0.2, -0.15) is 15.5 Å². The van der Waals surface area contributed by atoms with Crippen LogP contribution < -0.4 is 4.90 Å². The minimum atomic E-state index is -0.545. The summed E-state index contributed by atoms with van der Waals surface area (Å²) in [5.74, 6) is -0.682. The fourth-order valence-electron chi connectivity index (χ4n) is 2.83. The lowest BCUT2D eigenvalue weighted by atomic mass is 10.1. The number of nitriles is 1. The fourth-order valence-corrected chi connectivity index (χ4v) is 2.83. The van der Waals surface area contributed by atoms with E-state index in [2.05, 4.69) is 21.4 Å². The molecule has 2 aliphatic rings. The molecule has 1 N–H and O–H groups in total. The maximum absolute atomic E-state index is 12.3. The Bertz CT molecular complexity index is 932. The van der Waals surface area contributed by atoms with Crippen molar-refractivity contribution in [3.63, 3.8) is 0 Å². The summed E-state index contributed by atoms with van der Waals surface area (Å²) in [4.78, 5) is 13.9. The zero-order chi connectivity index (χ0) is 17.2. The van der Waals surface area contributed by atoms with Crippen LogP contribution in [0.1, 0.15) is 25.7 Å². The Morgan fingerprint density at radius 2 is 2.12 bits per heavy atom. The molecule has 3 aromatic rings. The van der Waals surface area contributed by atoms with E-state index in [0.717, 1.165) is 22.3 Å². The van der Waals surface area contributed by atoms with Crippen LogP contribution in [0.2, 0.25) is 0 Å². The Morgan fingerprint density at radius 1 is 1.28 bits per heavy atom. The van der Waals surface area contributed by atoms with Gasteiger partial charge in [-0.05, 0) is 18.6 Å². The molecule has 25 heavy (non-hydrogen) atoms. The Morgan fingerprint density at radius 3 is 2.76 bits per heavy atom. The van der Waals surface area contributed by atoms with E-state index in [9.17, 15) is 4.79 Å². The van der Waals surface area contributed by atoms with E-state index in [-0.39, 0.29) is 5.91 Å². The summed E-state index contributed by atoms with van der Waals surface area (Å²) in [6.45, 7) is 0.558. The van der Waals surface area contributed by atoms with Crippen LogP contribution in [0, 0.1) is 17.2 Å². The van der Waals surface area contributed by atoms with Crippen molar-refractivity contribution in [3.05, 3.63) is 36.9 Å². The lowest BCUT2D eigenvalue weighted by molar-refractivity contribution is -0.118. The minimum absolute atomic E-state index is 0.137. The lowest BCUT2D eigenvalue weighted by Crippen LogP contribution is -2.27. The molecule has 3 aromatic heterocycles. The van der Waals surface area contributed by atoms with Gasteiger partial charge in [0.25, 0.3) is 0 Å². The number of rotatable bonds is 2. The second kappa shape index (κ2) is 6.40. The molecule has 2 fully saturated rings. The van der Waals surface area contributed by atoms with Gasteiger partial charge in [0.1, 0.15) is 5.92 Å². The first-order valence-electron chi connectivity index (χ1n) is 8.45. The molecule has 1 amide bonds. The van der Waals surface area contributed by atoms with Crippen LogP contribution in [-0.2, 0) is 4.79 Å². The van der Waals surface area contributed by atoms with Crippen molar-refractivity contribution in [1.82, 2.24) is 19.8 Å². The molecule has 0 radical (unpaired) electrons. The quantitative estimate of drug-likeness (QED) is 0.780. The van der Waals surface area contributed by atoms with Crippen molar-refractivity contribution >= 4 is 17.1 Å². The average molecular weight is 334 g/mol. The number of hydrogen-bond acceptors (Lipinski definition) is 4. The highest BCUT2D eigenvalue weighted by molar-refractivity contribution is 6.02. The topological polar surface area (TPSA) is 90.1 Å². The van der Waals surface area contributed by atoms with E-state index in [1.165, 1.54) is 19.3 Å². The molecule has 5 rings (SSSR count). The van der Waals surface area contributed by atoms with Gasteiger partial charge in [-0.15, -0.1) is 0 Å². The van der Waals surface area contributed by atoms with Gasteiger partial charge >= 0.3 is 0 Å². The maximum atomic E-state index is 12.3. The Balaban J connectivity index is 0.000000474. The van der Waals surface area contributed by atoms with E-state index in [1.807, 2.05) is 18.3 Å². The maximum Gasteiger partial charge on any atom is 0.244 e. The zero-order valence-corrected chi connectivity index (χ0v) is 13.7. The summed E-state index contributed by atoms with van der Waals surface area (Å²) in [6.07, 6.45) is 12.2. The number of amides is 1. The molecule has 1 saturated heterocycles. The molecule has 0 bridgehead atoms. The SMILES string of the molecule is C1CC1.N#CC1CCN(c2ccnn3cc(-c4cn[nH]c4)cc23)C1=O. The van der Waals surface area contributed by atoms with E-state index in [4.69, 9.17) is 5.26 Å². The third-order valence-corrected chi connectivity index (χ3v) is 4.32. The Labute approximate surface area is 144 Å². The molecule has 1 aliphatic heterocycles. The Kier molecular flexibility index (Phi) is 3.94. The number of H-pyrrole nitrogens is 1. The molecule has 0 spiro atoms. The number of anilines is 1. The highest BCUT2D eigenvalue weighted by Crippen LogP contribution is 2.31. The van der Waals surface area contributed by atoms with Gasteiger partial charge in [-0.1, -0.05) is 19.3 Å². The molecule has 1 atom stereocenters. The minimum Gasteiger partial charge on any atom is -0.309 e. The first kappa shape index (κ1) is 15.4. The normalized spacial score (nSPS) is 18.8. The number of aromatic amines is 1. The highest BCUT2D eigenvalue weighted by atomic mass is 16.2. The number of carbonyl (C=O) groups excluding carboxylic acids is 1. The van der Waals surface area contributed by atoms with Crippen molar-refractivity contribution in [3.8, 4) is 17.2 Å². The predicted molar refractivity (Wildman–Crippen MR) is 92.7 cm³/mol.